The van der Waals surface area contributed by atoms with Crippen LogP contribution < -0.4 is 5.32 Å². The Bertz CT molecular complexity index is 930. The van der Waals surface area contributed by atoms with E-state index in [1.54, 1.807) is 22.7 Å². The van der Waals surface area contributed by atoms with Crippen LogP contribution in [0.25, 0.3) is 0 Å². The maximum absolute atomic E-state index is 12.6. The van der Waals surface area contributed by atoms with Gasteiger partial charge in [0.1, 0.15) is 0 Å². The van der Waals surface area contributed by atoms with E-state index in [4.69, 9.17) is 11.6 Å². The standard InChI is InChI=1S/C21H22ClN3O2S/c1-14-6-3-4-7-16(14)20(27)23-11-10-19(26)25-12-13-28-21(25)24-18-9-5-8-17(22)15(18)2/h3-9H,10-13H2,1-2H3,(H,23,27). The first-order valence-corrected chi connectivity index (χ1v) is 10.4. The second-order valence-corrected chi connectivity index (χ2v) is 7.96. The molecule has 2 aromatic rings. The van der Waals surface area contributed by atoms with Gasteiger partial charge in [0.2, 0.25) is 5.91 Å². The Morgan fingerprint density at radius 3 is 2.75 bits per heavy atom. The molecule has 0 aliphatic carbocycles. The zero-order chi connectivity index (χ0) is 20.1. The number of rotatable bonds is 5. The Hall–Kier alpha value is -2.31. The lowest BCUT2D eigenvalue weighted by molar-refractivity contribution is -0.126. The molecule has 0 radical (unpaired) electrons. The monoisotopic (exact) mass is 415 g/mol. The van der Waals surface area contributed by atoms with Gasteiger partial charge in [0, 0.05) is 35.8 Å². The SMILES string of the molecule is Cc1ccccc1C(=O)NCCC(=O)N1CCSC1=Nc1cccc(Cl)c1C. The van der Waals surface area contributed by atoms with Crippen LogP contribution in [0.5, 0.6) is 0 Å². The number of nitrogens with one attached hydrogen (secondary N) is 1. The number of nitrogens with zero attached hydrogens (tertiary/aromatic N) is 2. The van der Waals surface area contributed by atoms with Crippen LogP contribution in [0, 0.1) is 13.8 Å². The quantitative estimate of drug-likeness (QED) is 0.790. The summed E-state index contributed by atoms with van der Waals surface area (Å²) in [5.41, 5.74) is 3.20. The van der Waals surface area contributed by atoms with E-state index in [1.807, 2.05) is 50.2 Å². The van der Waals surface area contributed by atoms with Crippen molar-refractivity contribution >= 4 is 46.0 Å². The molecule has 2 amide bonds. The number of aliphatic imine (C=N–C) groups is 1. The maximum Gasteiger partial charge on any atom is 0.251 e. The van der Waals surface area contributed by atoms with Crippen molar-refractivity contribution in [3.05, 3.63) is 64.2 Å². The largest absolute Gasteiger partial charge is 0.352 e. The lowest BCUT2D eigenvalue weighted by atomic mass is 10.1. The molecule has 5 nitrogen and oxygen atoms in total. The van der Waals surface area contributed by atoms with Crippen LogP contribution in [0.3, 0.4) is 0 Å². The number of thioether (sulfide) groups is 1. The fraction of sp³-hybridized carbons (Fsp3) is 0.286. The third-order valence-corrected chi connectivity index (χ3v) is 5.91. The lowest BCUT2D eigenvalue weighted by Crippen LogP contribution is -2.35. The number of halogens is 1. The number of carbonyl (C=O) groups excluding carboxylic acids is 2. The summed E-state index contributed by atoms with van der Waals surface area (Å²) < 4.78 is 0. The van der Waals surface area contributed by atoms with E-state index < -0.39 is 0 Å². The molecular weight excluding hydrogens is 394 g/mol. The third-order valence-electron chi connectivity index (χ3n) is 4.55. The lowest BCUT2D eigenvalue weighted by Gasteiger charge is -2.16. The molecule has 1 N–H and O–H groups in total. The maximum atomic E-state index is 12.6. The first-order valence-electron chi connectivity index (χ1n) is 9.08. The van der Waals surface area contributed by atoms with Crippen LogP contribution in [-0.2, 0) is 4.79 Å². The number of amidine groups is 1. The van der Waals surface area contributed by atoms with Crippen molar-refractivity contribution in [3.8, 4) is 0 Å². The summed E-state index contributed by atoms with van der Waals surface area (Å²) in [4.78, 5) is 31.2. The fourth-order valence-electron chi connectivity index (χ4n) is 2.89. The van der Waals surface area contributed by atoms with Crippen molar-refractivity contribution in [1.29, 1.82) is 0 Å². The molecule has 1 aliphatic rings. The summed E-state index contributed by atoms with van der Waals surface area (Å²) >= 11 is 7.71. The molecular formula is C21H22ClN3O2S. The van der Waals surface area contributed by atoms with Gasteiger partial charge in [-0.15, -0.1) is 0 Å². The van der Waals surface area contributed by atoms with Crippen LogP contribution in [0.1, 0.15) is 27.9 Å². The normalized spacial score (nSPS) is 15.1. The number of hydrogen-bond donors (Lipinski definition) is 1. The van der Waals surface area contributed by atoms with Gasteiger partial charge >= 0.3 is 0 Å². The van der Waals surface area contributed by atoms with Gasteiger partial charge in [0.25, 0.3) is 5.91 Å². The molecule has 2 aromatic carbocycles. The Morgan fingerprint density at radius 2 is 1.96 bits per heavy atom. The number of carbonyl (C=O) groups is 2. The van der Waals surface area contributed by atoms with Crippen molar-refractivity contribution in [1.82, 2.24) is 10.2 Å². The van der Waals surface area contributed by atoms with Gasteiger partial charge in [-0.05, 0) is 43.2 Å². The van der Waals surface area contributed by atoms with E-state index in [0.29, 0.717) is 22.3 Å². The smallest absolute Gasteiger partial charge is 0.251 e. The first kappa shape index (κ1) is 20.4. The van der Waals surface area contributed by atoms with Crippen LogP contribution >= 0.6 is 23.4 Å². The van der Waals surface area contributed by atoms with Gasteiger partial charge in [0.05, 0.1) is 5.69 Å². The predicted octanol–water partition coefficient (Wildman–Crippen LogP) is 4.34. The molecule has 0 bridgehead atoms. The van der Waals surface area contributed by atoms with E-state index >= 15 is 0 Å². The van der Waals surface area contributed by atoms with E-state index in [1.165, 1.54) is 0 Å². The number of aryl methyl sites for hydroxylation is 1. The van der Waals surface area contributed by atoms with Crippen molar-refractivity contribution in [2.75, 3.05) is 18.8 Å². The highest BCUT2D eigenvalue weighted by atomic mass is 35.5. The van der Waals surface area contributed by atoms with Crippen LogP contribution in [0.15, 0.2) is 47.5 Å². The zero-order valence-electron chi connectivity index (χ0n) is 15.9. The minimum atomic E-state index is -0.162. The molecule has 0 saturated carbocycles. The van der Waals surface area contributed by atoms with Gasteiger partial charge in [-0.25, -0.2) is 4.99 Å². The van der Waals surface area contributed by atoms with E-state index in [2.05, 4.69) is 10.3 Å². The fourth-order valence-corrected chi connectivity index (χ4v) is 4.02. The topological polar surface area (TPSA) is 61.8 Å². The molecule has 0 unspecified atom stereocenters. The minimum Gasteiger partial charge on any atom is -0.352 e. The summed E-state index contributed by atoms with van der Waals surface area (Å²) in [5, 5.41) is 4.16. The molecule has 1 saturated heterocycles. The molecule has 1 aliphatic heterocycles. The molecule has 28 heavy (non-hydrogen) atoms. The first-order chi connectivity index (χ1) is 13.5. The van der Waals surface area contributed by atoms with Crippen LogP contribution in [0.4, 0.5) is 5.69 Å². The average molecular weight is 416 g/mol. The summed E-state index contributed by atoms with van der Waals surface area (Å²) in [6, 6.07) is 12.9. The van der Waals surface area contributed by atoms with E-state index in [9.17, 15) is 9.59 Å². The molecule has 1 heterocycles. The third kappa shape index (κ3) is 4.75. The molecule has 7 heteroatoms. The van der Waals surface area contributed by atoms with E-state index in [0.717, 1.165) is 22.6 Å². The predicted molar refractivity (Wildman–Crippen MR) is 116 cm³/mol. The Balaban J connectivity index is 1.61. The highest BCUT2D eigenvalue weighted by Crippen LogP contribution is 2.29. The number of benzene rings is 2. The molecule has 0 atom stereocenters. The highest BCUT2D eigenvalue weighted by Gasteiger charge is 2.25. The summed E-state index contributed by atoms with van der Waals surface area (Å²) in [6.45, 7) is 4.71. The summed E-state index contributed by atoms with van der Waals surface area (Å²) in [6.07, 6.45) is 0.228. The van der Waals surface area contributed by atoms with Gasteiger partial charge in [-0.2, -0.15) is 0 Å². The number of amides is 2. The molecule has 146 valence electrons. The van der Waals surface area contributed by atoms with Crippen molar-refractivity contribution in [3.63, 3.8) is 0 Å². The van der Waals surface area contributed by atoms with Gasteiger partial charge < -0.3 is 5.32 Å². The van der Waals surface area contributed by atoms with Gasteiger partial charge in [-0.1, -0.05) is 47.6 Å². The van der Waals surface area contributed by atoms with Gasteiger partial charge in [0.15, 0.2) is 5.17 Å². The van der Waals surface area contributed by atoms with Crippen molar-refractivity contribution < 1.29 is 9.59 Å². The second kappa shape index (κ2) is 9.26. The molecule has 0 aromatic heterocycles. The van der Waals surface area contributed by atoms with Crippen molar-refractivity contribution in [2.24, 2.45) is 4.99 Å². The second-order valence-electron chi connectivity index (χ2n) is 6.49. The zero-order valence-corrected chi connectivity index (χ0v) is 17.4. The Kier molecular flexibility index (Phi) is 6.75. The van der Waals surface area contributed by atoms with Crippen LogP contribution in [0.2, 0.25) is 5.02 Å². The molecule has 1 fully saturated rings. The molecule has 3 rings (SSSR count). The number of hydrogen-bond acceptors (Lipinski definition) is 4. The highest BCUT2D eigenvalue weighted by molar-refractivity contribution is 8.14. The van der Waals surface area contributed by atoms with Crippen LogP contribution in [-0.4, -0.2) is 40.7 Å². The van der Waals surface area contributed by atoms with E-state index in [-0.39, 0.29) is 24.8 Å². The Morgan fingerprint density at radius 1 is 1.18 bits per heavy atom. The van der Waals surface area contributed by atoms with Gasteiger partial charge in [-0.3, -0.25) is 14.5 Å². The molecule has 0 spiro atoms. The average Bonchev–Trinajstić information content (AvgIpc) is 3.14. The van der Waals surface area contributed by atoms with Crippen molar-refractivity contribution in [2.45, 2.75) is 20.3 Å². The minimum absolute atomic E-state index is 0.0477. The Labute approximate surface area is 174 Å². The summed E-state index contributed by atoms with van der Waals surface area (Å²) in [5.74, 6) is 0.596. The summed E-state index contributed by atoms with van der Waals surface area (Å²) in [7, 11) is 0.